The van der Waals surface area contributed by atoms with E-state index >= 15 is 0 Å². The first-order valence-corrected chi connectivity index (χ1v) is 6.58. The van der Waals surface area contributed by atoms with Crippen LogP contribution in [-0.4, -0.2) is 23.3 Å². The maximum Gasteiger partial charge on any atom is 0.151 e. The van der Waals surface area contributed by atoms with Gasteiger partial charge in [0, 0.05) is 20.3 Å². The van der Waals surface area contributed by atoms with Crippen LogP contribution in [0, 0.1) is 5.82 Å². The first-order valence-electron chi connectivity index (χ1n) is 6.58. The van der Waals surface area contributed by atoms with E-state index in [2.05, 4.69) is 4.98 Å². The highest BCUT2D eigenvalue weighted by molar-refractivity contribution is 5.76. The molecule has 0 fully saturated rings. The van der Waals surface area contributed by atoms with Gasteiger partial charge in [0.15, 0.2) is 5.82 Å². The van der Waals surface area contributed by atoms with Crippen molar-refractivity contribution in [2.75, 3.05) is 13.7 Å². The van der Waals surface area contributed by atoms with Crippen LogP contribution in [0.25, 0.3) is 11.0 Å². The molecule has 1 atom stereocenters. The molecule has 0 spiro atoms. The number of para-hydroxylation sites is 1. The molecule has 1 aromatic carbocycles. The Morgan fingerprint density at radius 2 is 2.26 bits per heavy atom. The first kappa shape index (κ1) is 14.0. The molecule has 1 heterocycles. The molecule has 2 rings (SSSR count). The van der Waals surface area contributed by atoms with Crippen molar-refractivity contribution in [3.63, 3.8) is 0 Å². The van der Waals surface area contributed by atoms with Crippen LogP contribution in [0.2, 0.25) is 0 Å². The van der Waals surface area contributed by atoms with Crippen LogP contribution in [-0.2, 0) is 11.3 Å². The summed E-state index contributed by atoms with van der Waals surface area (Å²) in [5, 5.41) is 0. The van der Waals surface area contributed by atoms with Gasteiger partial charge in [-0.2, -0.15) is 0 Å². The summed E-state index contributed by atoms with van der Waals surface area (Å²) >= 11 is 0. The number of halogens is 1. The molecule has 0 aliphatic heterocycles. The lowest BCUT2D eigenvalue weighted by Crippen LogP contribution is -2.17. The number of rotatable bonds is 6. The standard InChI is InChI=1S/C14H20FN3O/c1-3-18-12-8-4-6-10(15)13(12)17-14(18)11(16)7-5-9-19-2/h4,6,8,11H,3,5,7,9,16H2,1-2H3. The largest absolute Gasteiger partial charge is 0.385 e. The molecular weight excluding hydrogens is 245 g/mol. The Hall–Kier alpha value is -1.46. The van der Waals surface area contributed by atoms with E-state index in [1.165, 1.54) is 6.07 Å². The predicted octanol–water partition coefficient (Wildman–Crippen LogP) is 2.62. The van der Waals surface area contributed by atoms with Gasteiger partial charge in [-0.25, -0.2) is 9.37 Å². The van der Waals surface area contributed by atoms with Crippen LogP contribution in [0.15, 0.2) is 18.2 Å². The van der Waals surface area contributed by atoms with Gasteiger partial charge >= 0.3 is 0 Å². The van der Waals surface area contributed by atoms with Gasteiger partial charge < -0.3 is 15.0 Å². The zero-order chi connectivity index (χ0) is 13.8. The summed E-state index contributed by atoms with van der Waals surface area (Å²) in [5.74, 6) is 0.453. The van der Waals surface area contributed by atoms with Gasteiger partial charge in [-0.3, -0.25) is 0 Å². The molecule has 2 aromatic rings. The van der Waals surface area contributed by atoms with E-state index < -0.39 is 0 Å². The number of ether oxygens (including phenoxy) is 1. The van der Waals surface area contributed by atoms with Crippen molar-refractivity contribution in [2.45, 2.75) is 32.4 Å². The minimum atomic E-state index is -0.296. The van der Waals surface area contributed by atoms with Crippen LogP contribution in [0.5, 0.6) is 0 Å². The summed E-state index contributed by atoms with van der Waals surface area (Å²) < 4.78 is 20.8. The van der Waals surface area contributed by atoms with E-state index in [4.69, 9.17) is 10.5 Å². The lowest BCUT2D eigenvalue weighted by atomic mass is 10.1. The molecule has 0 amide bonds. The summed E-state index contributed by atoms with van der Waals surface area (Å²) in [5.41, 5.74) is 7.37. The fourth-order valence-corrected chi connectivity index (χ4v) is 2.32. The number of imidazole rings is 1. The van der Waals surface area contributed by atoms with Crippen LogP contribution >= 0.6 is 0 Å². The summed E-state index contributed by atoms with van der Waals surface area (Å²) in [6.45, 7) is 3.42. The maximum atomic E-state index is 13.7. The molecule has 0 saturated heterocycles. The minimum absolute atomic E-state index is 0.193. The summed E-state index contributed by atoms with van der Waals surface area (Å²) in [4.78, 5) is 4.38. The van der Waals surface area contributed by atoms with Gasteiger partial charge in [0.05, 0.1) is 11.6 Å². The molecule has 0 radical (unpaired) electrons. The highest BCUT2D eigenvalue weighted by atomic mass is 19.1. The van der Waals surface area contributed by atoms with E-state index in [0.717, 1.165) is 30.7 Å². The third-order valence-corrected chi connectivity index (χ3v) is 3.27. The smallest absolute Gasteiger partial charge is 0.151 e. The topological polar surface area (TPSA) is 53.1 Å². The molecule has 1 aromatic heterocycles. The van der Waals surface area contributed by atoms with Crippen LogP contribution in [0.4, 0.5) is 4.39 Å². The number of nitrogens with two attached hydrogens (primary N) is 1. The van der Waals surface area contributed by atoms with Crippen molar-refractivity contribution in [1.82, 2.24) is 9.55 Å². The number of hydrogen-bond donors (Lipinski definition) is 1. The number of methoxy groups -OCH3 is 1. The predicted molar refractivity (Wildman–Crippen MR) is 73.4 cm³/mol. The quantitative estimate of drug-likeness (QED) is 0.817. The molecule has 0 bridgehead atoms. The zero-order valence-electron chi connectivity index (χ0n) is 11.4. The Morgan fingerprint density at radius 1 is 1.47 bits per heavy atom. The van der Waals surface area contributed by atoms with Gasteiger partial charge in [-0.1, -0.05) is 6.07 Å². The summed E-state index contributed by atoms with van der Waals surface area (Å²) in [6, 6.07) is 4.81. The number of hydrogen-bond acceptors (Lipinski definition) is 3. The van der Waals surface area contributed by atoms with Crippen molar-refractivity contribution in [3.8, 4) is 0 Å². The Morgan fingerprint density at radius 3 is 2.95 bits per heavy atom. The van der Waals surface area contributed by atoms with Gasteiger partial charge in [0.1, 0.15) is 11.3 Å². The first-order chi connectivity index (χ1) is 9.19. The van der Waals surface area contributed by atoms with Gasteiger partial charge in [-0.15, -0.1) is 0 Å². The van der Waals surface area contributed by atoms with Gasteiger partial charge in [-0.05, 0) is 31.9 Å². The van der Waals surface area contributed by atoms with E-state index in [-0.39, 0.29) is 11.9 Å². The number of fused-ring (bicyclic) bond motifs is 1. The number of nitrogens with zero attached hydrogens (tertiary/aromatic N) is 2. The van der Waals surface area contributed by atoms with Crippen molar-refractivity contribution in [1.29, 1.82) is 0 Å². The maximum absolute atomic E-state index is 13.7. The van der Waals surface area contributed by atoms with Gasteiger partial charge in [0.25, 0.3) is 0 Å². The number of benzene rings is 1. The average Bonchev–Trinajstić information content (AvgIpc) is 2.79. The molecule has 5 heteroatoms. The minimum Gasteiger partial charge on any atom is -0.385 e. The van der Waals surface area contributed by atoms with Gasteiger partial charge in [0.2, 0.25) is 0 Å². The molecule has 104 valence electrons. The monoisotopic (exact) mass is 265 g/mol. The molecule has 2 N–H and O–H groups in total. The normalized spacial score (nSPS) is 13.1. The Kier molecular flexibility index (Phi) is 4.50. The third kappa shape index (κ3) is 2.77. The average molecular weight is 265 g/mol. The highest BCUT2D eigenvalue weighted by Crippen LogP contribution is 2.24. The van der Waals surface area contributed by atoms with Crippen LogP contribution < -0.4 is 5.73 Å². The molecule has 4 nitrogen and oxygen atoms in total. The Balaban J connectivity index is 2.34. The van der Waals surface area contributed by atoms with E-state index in [1.54, 1.807) is 13.2 Å². The molecule has 0 aliphatic carbocycles. The van der Waals surface area contributed by atoms with Crippen LogP contribution in [0.3, 0.4) is 0 Å². The molecule has 19 heavy (non-hydrogen) atoms. The molecular formula is C14H20FN3O. The number of aromatic nitrogens is 2. The molecule has 1 unspecified atom stereocenters. The number of aryl methyl sites for hydroxylation is 1. The van der Waals surface area contributed by atoms with Crippen molar-refractivity contribution >= 4 is 11.0 Å². The fourth-order valence-electron chi connectivity index (χ4n) is 2.32. The second kappa shape index (κ2) is 6.12. The summed E-state index contributed by atoms with van der Waals surface area (Å²) in [6.07, 6.45) is 1.64. The van der Waals surface area contributed by atoms with Crippen molar-refractivity contribution in [2.24, 2.45) is 5.73 Å². The van der Waals surface area contributed by atoms with Crippen molar-refractivity contribution in [3.05, 3.63) is 29.8 Å². The lowest BCUT2D eigenvalue weighted by Gasteiger charge is -2.13. The van der Waals surface area contributed by atoms with E-state index in [1.807, 2.05) is 17.6 Å². The van der Waals surface area contributed by atoms with Crippen molar-refractivity contribution < 1.29 is 9.13 Å². The lowest BCUT2D eigenvalue weighted by molar-refractivity contribution is 0.190. The second-order valence-corrected chi connectivity index (χ2v) is 4.56. The zero-order valence-corrected chi connectivity index (χ0v) is 11.4. The highest BCUT2D eigenvalue weighted by Gasteiger charge is 2.17. The van der Waals surface area contributed by atoms with Crippen LogP contribution in [0.1, 0.15) is 31.6 Å². The second-order valence-electron chi connectivity index (χ2n) is 4.56. The SMILES string of the molecule is CCn1c(C(N)CCCOC)nc2c(F)cccc21. The fraction of sp³-hybridized carbons (Fsp3) is 0.500. The van der Waals surface area contributed by atoms with E-state index in [9.17, 15) is 4.39 Å². The Bertz CT molecular complexity index is 553. The third-order valence-electron chi connectivity index (χ3n) is 3.27. The molecule has 0 saturated carbocycles. The Labute approximate surface area is 112 Å². The van der Waals surface area contributed by atoms with E-state index in [0.29, 0.717) is 12.1 Å². The molecule has 0 aliphatic rings. The summed E-state index contributed by atoms with van der Waals surface area (Å²) in [7, 11) is 1.67.